The van der Waals surface area contributed by atoms with E-state index in [1.54, 1.807) is 12.1 Å². The molecular weight excluding hydrogens is 256 g/mol. The topological polar surface area (TPSA) is 62.8 Å². The molecule has 0 amide bonds. The smallest absolute Gasteiger partial charge is 0.164 e. The number of aromatic hydroxyl groups is 1. The average molecular weight is 270 g/mol. The fourth-order valence-corrected chi connectivity index (χ4v) is 2.36. The molecule has 0 atom stereocenters. The van der Waals surface area contributed by atoms with Gasteiger partial charge in [0.1, 0.15) is 18.0 Å². The van der Waals surface area contributed by atoms with Crippen LogP contribution in [-0.4, -0.2) is 17.3 Å². The highest BCUT2D eigenvalue weighted by molar-refractivity contribution is 5.97. The Hall–Kier alpha value is -2.46. The number of rotatable bonds is 3. The van der Waals surface area contributed by atoms with Gasteiger partial charge in [0, 0.05) is 17.0 Å². The number of furan rings is 1. The number of aliphatic hydroxyl groups is 1. The lowest BCUT2D eigenvalue weighted by Gasteiger charge is -2.04. The Bertz CT molecular complexity index is 744. The van der Waals surface area contributed by atoms with Gasteiger partial charge in [0.15, 0.2) is 11.5 Å². The Balaban J connectivity index is 2.32. The fraction of sp³-hybridized carbons (Fsp3) is 0.125. The van der Waals surface area contributed by atoms with Crippen LogP contribution in [-0.2, 0) is 6.61 Å². The van der Waals surface area contributed by atoms with E-state index in [4.69, 9.17) is 9.15 Å². The molecule has 3 aromatic rings. The van der Waals surface area contributed by atoms with Crippen molar-refractivity contribution in [3.8, 4) is 22.6 Å². The van der Waals surface area contributed by atoms with Crippen molar-refractivity contribution in [3.05, 3.63) is 48.2 Å². The minimum Gasteiger partial charge on any atom is -0.504 e. The number of hydrogen-bond donors (Lipinski definition) is 2. The lowest BCUT2D eigenvalue weighted by Crippen LogP contribution is -1.85. The second-order valence-electron chi connectivity index (χ2n) is 4.44. The van der Waals surface area contributed by atoms with E-state index in [-0.39, 0.29) is 12.4 Å². The van der Waals surface area contributed by atoms with E-state index in [2.05, 4.69) is 0 Å². The number of aliphatic hydroxyl groups excluding tert-OH is 1. The first-order valence-electron chi connectivity index (χ1n) is 6.23. The SMILES string of the molecule is COc1cc2oc(CO)c(-c3ccccc3)c2cc1O. The molecule has 102 valence electrons. The van der Waals surface area contributed by atoms with Crippen molar-refractivity contribution in [2.45, 2.75) is 6.61 Å². The normalized spacial score (nSPS) is 10.9. The van der Waals surface area contributed by atoms with Crippen LogP contribution in [0.25, 0.3) is 22.1 Å². The van der Waals surface area contributed by atoms with Crippen molar-refractivity contribution < 1.29 is 19.4 Å². The van der Waals surface area contributed by atoms with Crippen LogP contribution < -0.4 is 4.74 Å². The molecule has 0 bridgehead atoms. The summed E-state index contributed by atoms with van der Waals surface area (Å²) in [5.74, 6) is 0.858. The van der Waals surface area contributed by atoms with Crippen LogP contribution in [0.5, 0.6) is 11.5 Å². The van der Waals surface area contributed by atoms with Crippen LogP contribution in [0.3, 0.4) is 0 Å². The van der Waals surface area contributed by atoms with Gasteiger partial charge in [-0.2, -0.15) is 0 Å². The van der Waals surface area contributed by atoms with E-state index in [1.807, 2.05) is 30.3 Å². The first kappa shape index (κ1) is 12.6. The number of benzene rings is 2. The van der Waals surface area contributed by atoms with Crippen LogP contribution in [0.2, 0.25) is 0 Å². The van der Waals surface area contributed by atoms with Gasteiger partial charge in [-0.05, 0) is 11.6 Å². The Morgan fingerprint density at radius 2 is 1.90 bits per heavy atom. The molecule has 1 heterocycles. The third-order valence-corrected chi connectivity index (χ3v) is 3.27. The highest BCUT2D eigenvalue weighted by atomic mass is 16.5. The van der Waals surface area contributed by atoms with Crippen molar-refractivity contribution in [1.29, 1.82) is 0 Å². The fourth-order valence-electron chi connectivity index (χ4n) is 2.36. The lowest BCUT2D eigenvalue weighted by atomic mass is 10.0. The first-order valence-corrected chi connectivity index (χ1v) is 6.23. The summed E-state index contributed by atoms with van der Waals surface area (Å²) in [6.45, 7) is -0.206. The number of ether oxygens (including phenoxy) is 1. The van der Waals surface area contributed by atoms with Crippen LogP contribution in [0.1, 0.15) is 5.76 Å². The lowest BCUT2D eigenvalue weighted by molar-refractivity contribution is 0.251. The summed E-state index contributed by atoms with van der Waals surface area (Å²) in [6, 6.07) is 12.8. The van der Waals surface area contributed by atoms with E-state index < -0.39 is 0 Å². The second-order valence-corrected chi connectivity index (χ2v) is 4.44. The Morgan fingerprint density at radius 1 is 1.15 bits per heavy atom. The molecule has 0 spiro atoms. The monoisotopic (exact) mass is 270 g/mol. The molecule has 0 fully saturated rings. The number of phenols is 1. The van der Waals surface area contributed by atoms with E-state index in [0.717, 1.165) is 16.5 Å². The van der Waals surface area contributed by atoms with Crippen molar-refractivity contribution in [3.63, 3.8) is 0 Å². The van der Waals surface area contributed by atoms with Gasteiger partial charge in [-0.25, -0.2) is 0 Å². The zero-order valence-corrected chi connectivity index (χ0v) is 11.0. The summed E-state index contributed by atoms with van der Waals surface area (Å²) < 4.78 is 10.7. The molecule has 20 heavy (non-hydrogen) atoms. The molecule has 0 radical (unpaired) electrons. The number of hydrogen-bond acceptors (Lipinski definition) is 4. The van der Waals surface area contributed by atoms with Crippen LogP contribution in [0.4, 0.5) is 0 Å². The largest absolute Gasteiger partial charge is 0.504 e. The van der Waals surface area contributed by atoms with Gasteiger partial charge < -0.3 is 19.4 Å². The highest BCUT2D eigenvalue weighted by Gasteiger charge is 2.17. The van der Waals surface area contributed by atoms with Crippen LogP contribution in [0.15, 0.2) is 46.9 Å². The third-order valence-electron chi connectivity index (χ3n) is 3.27. The van der Waals surface area contributed by atoms with E-state index >= 15 is 0 Å². The number of methoxy groups -OCH3 is 1. The van der Waals surface area contributed by atoms with E-state index in [0.29, 0.717) is 17.1 Å². The molecule has 0 saturated carbocycles. The zero-order chi connectivity index (χ0) is 14.1. The molecular formula is C16H14O4. The molecule has 0 saturated heterocycles. The maximum absolute atomic E-state index is 9.93. The Morgan fingerprint density at radius 3 is 2.55 bits per heavy atom. The summed E-state index contributed by atoms with van der Waals surface area (Å²) in [6.07, 6.45) is 0. The molecule has 2 N–H and O–H groups in total. The van der Waals surface area contributed by atoms with Gasteiger partial charge in [0.25, 0.3) is 0 Å². The Labute approximate surface area is 115 Å². The third kappa shape index (κ3) is 1.90. The average Bonchev–Trinajstić information content (AvgIpc) is 2.84. The summed E-state index contributed by atoms with van der Waals surface area (Å²) >= 11 is 0. The zero-order valence-electron chi connectivity index (χ0n) is 11.0. The predicted molar refractivity (Wildman–Crippen MR) is 75.8 cm³/mol. The maximum atomic E-state index is 9.93. The van der Waals surface area contributed by atoms with Gasteiger partial charge in [0.2, 0.25) is 0 Å². The maximum Gasteiger partial charge on any atom is 0.164 e. The molecule has 0 aliphatic carbocycles. The Kier molecular flexibility index (Phi) is 3.08. The number of fused-ring (bicyclic) bond motifs is 1. The molecule has 0 unspecified atom stereocenters. The second kappa shape index (κ2) is 4.90. The summed E-state index contributed by atoms with van der Waals surface area (Å²) in [5, 5.41) is 20.2. The summed E-state index contributed by atoms with van der Waals surface area (Å²) in [7, 11) is 1.48. The van der Waals surface area contributed by atoms with Gasteiger partial charge >= 0.3 is 0 Å². The molecule has 4 heteroatoms. The molecule has 0 aliphatic rings. The van der Waals surface area contributed by atoms with Crippen molar-refractivity contribution in [2.24, 2.45) is 0 Å². The molecule has 1 aromatic heterocycles. The van der Waals surface area contributed by atoms with Gasteiger partial charge in [-0.3, -0.25) is 0 Å². The highest BCUT2D eigenvalue weighted by Crippen LogP contribution is 2.40. The summed E-state index contributed by atoms with van der Waals surface area (Å²) in [5.41, 5.74) is 2.29. The van der Waals surface area contributed by atoms with Crippen LogP contribution >= 0.6 is 0 Å². The predicted octanol–water partition coefficient (Wildman–Crippen LogP) is 3.31. The van der Waals surface area contributed by atoms with Gasteiger partial charge in [0.05, 0.1) is 7.11 Å². The van der Waals surface area contributed by atoms with E-state index in [9.17, 15) is 10.2 Å². The first-order chi connectivity index (χ1) is 9.74. The standard InChI is InChI=1S/C16H14O4/c1-19-14-8-13-11(7-12(14)18)16(15(9-17)20-13)10-5-3-2-4-6-10/h2-8,17-18H,9H2,1H3. The quantitative estimate of drug-likeness (QED) is 0.766. The molecule has 2 aromatic carbocycles. The molecule has 0 aliphatic heterocycles. The van der Waals surface area contributed by atoms with Crippen molar-refractivity contribution >= 4 is 11.0 Å². The number of phenolic OH excluding ortho intramolecular Hbond substituents is 1. The van der Waals surface area contributed by atoms with Gasteiger partial charge in [-0.15, -0.1) is 0 Å². The molecule has 4 nitrogen and oxygen atoms in total. The van der Waals surface area contributed by atoms with Crippen LogP contribution in [0, 0.1) is 0 Å². The minimum atomic E-state index is -0.206. The van der Waals surface area contributed by atoms with Gasteiger partial charge in [-0.1, -0.05) is 30.3 Å². The molecule has 3 rings (SSSR count). The van der Waals surface area contributed by atoms with E-state index in [1.165, 1.54) is 7.11 Å². The minimum absolute atomic E-state index is 0.0440. The summed E-state index contributed by atoms with van der Waals surface area (Å²) in [4.78, 5) is 0. The van der Waals surface area contributed by atoms with Crippen molar-refractivity contribution in [1.82, 2.24) is 0 Å². The van der Waals surface area contributed by atoms with Crippen molar-refractivity contribution in [2.75, 3.05) is 7.11 Å².